The Balaban J connectivity index is 1.88. The van der Waals surface area contributed by atoms with Gasteiger partial charge in [0.15, 0.2) is 0 Å². The van der Waals surface area contributed by atoms with Crippen LogP contribution < -0.4 is 10.7 Å². The number of nitrogens with one attached hydrogen (secondary N) is 2. The van der Waals surface area contributed by atoms with Crippen molar-refractivity contribution in [2.45, 2.75) is 13.5 Å². The first-order valence-electron chi connectivity index (χ1n) is 7.30. The van der Waals surface area contributed by atoms with Gasteiger partial charge >= 0.3 is 0 Å². The van der Waals surface area contributed by atoms with Gasteiger partial charge in [-0.15, -0.1) is 0 Å². The van der Waals surface area contributed by atoms with Gasteiger partial charge in [-0.2, -0.15) is 0 Å². The number of amides is 1. The number of H-pyrrole nitrogens is 1. The molecule has 0 atom stereocenters. The third kappa shape index (κ3) is 3.30. The van der Waals surface area contributed by atoms with Crippen LogP contribution in [0.25, 0.3) is 10.9 Å². The Hall–Kier alpha value is -2.30. The average molecular weight is 361 g/mol. The summed E-state index contributed by atoms with van der Waals surface area (Å²) >= 11 is 12.0. The van der Waals surface area contributed by atoms with Gasteiger partial charge in [-0.05, 0) is 42.3 Å². The Morgan fingerprint density at radius 1 is 1.17 bits per heavy atom. The summed E-state index contributed by atoms with van der Waals surface area (Å²) in [6.07, 6.45) is 1.39. The number of halogens is 2. The molecule has 0 aliphatic heterocycles. The molecular formula is C18H14Cl2N2O2. The zero-order valence-corrected chi connectivity index (χ0v) is 14.3. The monoisotopic (exact) mass is 360 g/mol. The SMILES string of the molecule is Cc1cc(Cl)c2[nH]cc(C(=O)NCc3ccc(Cl)cc3)c(=O)c2c1. The van der Waals surface area contributed by atoms with Crippen LogP contribution in [-0.2, 0) is 6.54 Å². The van der Waals surface area contributed by atoms with E-state index in [2.05, 4.69) is 10.3 Å². The Labute approximate surface area is 148 Å². The molecule has 122 valence electrons. The van der Waals surface area contributed by atoms with E-state index in [1.54, 1.807) is 24.3 Å². The fraction of sp³-hybridized carbons (Fsp3) is 0.111. The van der Waals surface area contributed by atoms with Gasteiger partial charge in [0, 0.05) is 23.2 Å². The van der Waals surface area contributed by atoms with Crippen molar-refractivity contribution in [1.29, 1.82) is 0 Å². The van der Waals surface area contributed by atoms with Gasteiger partial charge in [0.2, 0.25) is 5.43 Å². The van der Waals surface area contributed by atoms with Gasteiger partial charge in [-0.25, -0.2) is 0 Å². The van der Waals surface area contributed by atoms with Crippen LogP contribution in [-0.4, -0.2) is 10.9 Å². The summed E-state index contributed by atoms with van der Waals surface area (Å²) in [6, 6.07) is 10.6. The van der Waals surface area contributed by atoms with E-state index < -0.39 is 5.91 Å². The lowest BCUT2D eigenvalue weighted by Gasteiger charge is -2.07. The van der Waals surface area contributed by atoms with Crippen LogP contribution in [0.15, 0.2) is 47.4 Å². The molecule has 6 heteroatoms. The second kappa shape index (κ2) is 6.67. The second-order valence-corrected chi connectivity index (χ2v) is 6.35. The predicted octanol–water partition coefficient (Wildman–Crippen LogP) is 4.07. The Kier molecular flexibility index (Phi) is 4.60. The maximum Gasteiger partial charge on any atom is 0.257 e. The number of aromatic amines is 1. The van der Waals surface area contributed by atoms with Crippen molar-refractivity contribution in [1.82, 2.24) is 10.3 Å². The molecule has 24 heavy (non-hydrogen) atoms. The molecule has 1 aromatic heterocycles. The summed E-state index contributed by atoms with van der Waals surface area (Å²) < 4.78 is 0. The molecule has 0 saturated heterocycles. The minimum Gasteiger partial charge on any atom is -0.359 e. The maximum absolute atomic E-state index is 12.6. The lowest BCUT2D eigenvalue weighted by atomic mass is 10.1. The van der Waals surface area contributed by atoms with E-state index in [0.29, 0.717) is 27.5 Å². The fourth-order valence-corrected chi connectivity index (χ4v) is 2.93. The van der Waals surface area contributed by atoms with Crippen LogP contribution in [0.4, 0.5) is 0 Å². The summed E-state index contributed by atoms with van der Waals surface area (Å²) in [5, 5.41) is 4.22. The molecule has 0 aliphatic rings. The zero-order chi connectivity index (χ0) is 17.3. The van der Waals surface area contributed by atoms with E-state index in [1.165, 1.54) is 6.20 Å². The first-order valence-corrected chi connectivity index (χ1v) is 8.05. The molecule has 0 saturated carbocycles. The van der Waals surface area contributed by atoms with E-state index in [0.717, 1.165) is 11.1 Å². The molecule has 4 nitrogen and oxygen atoms in total. The van der Waals surface area contributed by atoms with Gasteiger partial charge in [0.25, 0.3) is 5.91 Å². The summed E-state index contributed by atoms with van der Waals surface area (Å²) in [5.41, 5.74) is 1.99. The first-order chi connectivity index (χ1) is 11.5. The summed E-state index contributed by atoms with van der Waals surface area (Å²) in [5.74, 6) is -0.439. The normalized spacial score (nSPS) is 10.8. The van der Waals surface area contributed by atoms with Gasteiger partial charge in [-0.1, -0.05) is 35.3 Å². The molecule has 0 aliphatic carbocycles. The molecule has 1 amide bonds. The molecule has 0 unspecified atom stereocenters. The highest BCUT2D eigenvalue weighted by Gasteiger charge is 2.14. The molecule has 0 radical (unpaired) electrons. The quantitative estimate of drug-likeness (QED) is 0.739. The number of fused-ring (bicyclic) bond motifs is 1. The molecule has 2 aromatic carbocycles. The third-order valence-electron chi connectivity index (χ3n) is 3.70. The van der Waals surface area contributed by atoms with Crippen molar-refractivity contribution in [3.63, 3.8) is 0 Å². The fourth-order valence-electron chi connectivity index (χ4n) is 2.47. The van der Waals surface area contributed by atoms with Gasteiger partial charge in [0.05, 0.1) is 10.5 Å². The lowest BCUT2D eigenvalue weighted by molar-refractivity contribution is 0.0949. The van der Waals surface area contributed by atoms with Gasteiger partial charge in [0.1, 0.15) is 5.56 Å². The number of benzene rings is 2. The van der Waals surface area contributed by atoms with E-state index in [4.69, 9.17) is 23.2 Å². The number of hydrogen-bond acceptors (Lipinski definition) is 2. The number of pyridine rings is 1. The van der Waals surface area contributed by atoms with E-state index in [-0.39, 0.29) is 11.0 Å². The second-order valence-electron chi connectivity index (χ2n) is 5.51. The van der Waals surface area contributed by atoms with Crippen LogP contribution in [0.2, 0.25) is 10.0 Å². The number of aryl methyl sites for hydroxylation is 1. The zero-order valence-electron chi connectivity index (χ0n) is 12.8. The molecule has 0 fully saturated rings. The number of hydrogen-bond donors (Lipinski definition) is 2. The van der Waals surface area contributed by atoms with Gasteiger partial charge in [-0.3, -0.25) is 9.59 Å². The standard InChI is InChI=1S/C18H14Cl2N2O2/c1-10-6-13-16(15(20)7-10)21-9-14(17(13)23)18(24)22-8-11-2-4-12(19)5-3-11/h2-7,9H,8H2,1H3,(H,21,23)(H,22,24). The van der Waals surface area contributed by atoms with Crippen molar-refractivity contribution < 1.29 is 4.79 Å². The van der Waals surface area contributed by atoms with Crippen LogP contribution >= 0.6 is 23.2 Å². The van der Waals surface area contributed by atoms with Gasteiger partial charge < -0.3 is 10.3 Å². The Bertz CT molecular complexity index is 979. The molecule has 2 N–H and O–H groups in total. The van der Waals surface area contributed by atoms with Crippen molar-refractivity contribution in [3.05, 3.63) is 79.6 Å². The molecule has 3 rings (SSSR count). The van der Waals surface area contributed by atoms with Crippen LogP contribution in [0.5, 0.6) is 0 Å². The molecular weight excluding hydrogens is 347 g/mol. The van der Waals surface area contributed by atoms with E-state index in [9.17, 15) is 9.59 Å². The van der Waals surface area contributed by atoms with Crippen molar-refractivity contribution in [2.75, 3.05) is 0 Å². The summed E-state index contributed by atoms with van der Waals surface area (Å²) in [4.78, 5) is 27.8. The van der Waals surface area contributed by atoms with Crippen molar-refractivity contribution in [3.8, 4) is 0 Å². The summed E-state index contributed by atoms with van der Waals surface area (Å²) in [6.45, 7) is 2.15. The maximum atomic E-state index is 12.6. The first kappa shape index (κ1) is 16.6. The predicted molar refractivity (Wildman–Crippen MR) is 96.9 cm³/mol. The topological polar surface area (TPSA) is 62.0 Å². The van der Waals surface area contributed by atoms with Crippen LogP contribution in [0.1, 0.15) is 21.5 Å². The molecule has 3 aromatic rings. The van der Waals surface area contributed by atoms with Crippen molar-refractivity contribution >= 4 is 40.0 Å². The molecule has 0 spiro atoms. The highest BCUT2D eigenvalue weighted by molar-refractivity contribution is 6.35. The number of carbonyl (C=O) groups excluding carboxylic acids is 1. The molecule has 0 bridgehead atoms. The minimum atomic E-state index is -0.439. The van der Waals surface area contributed by atoms with Crippen LogP contribution in [0, 0.1) is 6.92 Å². The minimum absolute atomic E-state index is 0.0538. The van der Waals surface area contributed by atoms with E-state index in [1.807, 2.05) is 19.1 Å². The smallest absolute Gasteiger partial charge is 0.257 e. The average Bonchev–Trinajstić information content (AvgIpc) is 2.55. The highest BCUT2D eigenvalue weighted by Crippen LogP contribution is 2.21. The number of rotatable bonds is 3. The van der Waals surface area contributed by atoms with Crippen LogP contribution in [0.3, 0.4) is 0 Å². The Morgan fingerprint density at radius 2 is 1.88 bits per heavy atom. The largest absolute Gasteiger partial charge is 0.359 e. The number of aromatic nitrogens is 1. The molecule has 1 heterocycles. The highest BCUT2D eigenvalue weighted by atomic mass is 35.5. The number of carbonyl (C=O) groups is 1. The summed E-state index contributed by atoms with van der Waals surface area (Å²) in [7, 11) is 0. The van der Waals surface area contributed by atoms with Crippen molar-refractivity contribution in [2.24, 2.45) is 0 Å². The lowest BCUT2D eigenvalue weighted by Crippen LogP contribution is -2.28. The van der Waals surface area contributed by atoms with E-state index >= 15 is 0 Å². The Morgan fingerprint density at radius 3 is 2.58 bits per heavy atom. The third-order valence-corrected chi connectivity index (χ3v) is 4.25.